The first-order valence-electron chi connectivity index (χ1n) is 7.45. The normalized spacial score (nSPS) is 16.2. The number of nitrogens with one attached hydrogen (secondary N) is 1. The molecule has 0 spiro atoms. The van der Waals surface area contributed by atoms with Crippen LogP contribution >= 0.6 is 11.6 Å². The van der Waals surface area contributed by atoms with Crippen LogP contribution in [-0.4, -0.2) is 54.8 Å². The molecule has 0 atom stereocenters. The van der Waals surface area contributed by atoms with Crippen LogP contribution in [-0.2, 0) is 4.74 Å². The highest BCUT2D eigenvalue weighted by Crippen LogP contribution is 2.37. The van der Waals surface area contributed by atoms with Gasteiger partial charge in [-0.15, -0.1) is 0 Å². The number of halogens is 4. The van der Waals surface area contributed by atoms with E-state index in [1.165, 1.54) is 12.3 Å². The number of aromatic nitrogens is 1. The smallest absolute Gasteiger partial charge is 0.378 e. The van der Waals surface area contributed by atoms with Crippen LogP contribution in [0, 0.1) is 5.41 Å². The second kappa shape index (κ2) is 7.14. The minimum absolute atomic E-state index is 0.104. The number of carbonyl (C=O) groups excluding carboxylic acids is 1. The van der Waals surface area contributed by atoms with Crippen molar-refractivity contribution < 1.29 is 22.7 Å². The first-order chi connectivity index (χ1) is 11.1. The molecule has 134 valence electrons. The van der Waals surface area contributed by atoms with Gasteiger partial charge in [-0.05, 0) is 19.9 Å². The van der Waals surface area contributed by atoms with Crippen molar-refractivity contribution in [3.8, 4) is 0 Å². The van der Waals surface area contributed by atoms with Gasteiger partial charge in [-0.2, -0.15) is 13.2 Å². The van der Waals surface area contributed by atoms with Gasteiger partial charge in [0.25, 0.3) is 5.91 Å². The highest BCUT2D eigenvalue weighted by Gasteiger charge is 2.47. The van der Waals surface area contributed by atoms with Gasteiger partial charge in [-0.1, -0.05) is 11.6 Å². The van der Waals surface area contributed by atoms with E-state index in [2.05, 4.69) is 10.3 Å². The fraction of sp³-hybridized carbons (Fsp3) is 0.600. The highest BCUT2D eigenvalue weighted by atomic mass is 35.5. The molecule has 1 saturated heterocycles. The summed E-state index contributed by atoms with van der Waals surface area (Å²) in [6.07, 6.45) is -3.04. The Morgan fingerprint density at radius 3 is 2.54 bits per heavy atom. The van der Waals surface area contributed by atoms with Crippen LogP contribution in [0.2, 0.25) is 5.02 Å². The second-order valence-corrected chi connectivity index (χ2v) is 6.60. The van der Waals surface area contributed by atoms with E-state index in [0.717, 1.165) is 13.8 Å². The third kappa shape index (κ3) is 4.30. The first-order valence-corrected chi connectivity index (χ1v) is 7.83. The number of alkyl halides is 3. The standard InChI is InChI=1S/C15H19ClF3N3O2/c1-14(2,15(17,18)19)9-21-12-11(16)7-10(8-20-12)13(23)22-3-5-24-6-4-22/h7-8H,3-6,9H2,1-2H3,(H,20,21). The zero-order valence-corrected chi connectivity index (χ0v) is 14.2. The average Bonchev–Trinajstić information content (AvgIpc) is 2.52. The maximum atomic E-state index is 12.9. The van der Waals surface area contributed by atoms with E-state index in [9.17, 15) is 18.0 Å². The fourth-order valence-electron chi connectivity index (χ4n) is 2.04. The molecule has 1 amide bonds. The number of pyridine rings is 1. The third-order valence-corrected chi connectivity index (χ3v) is 4.14. The summed E-state index contributed by atoms with van der Waals surface area (Å²) in [4.78, 5) is 17.9. The zero-order valence-electron chi connectivity index (χ0n) is 13.4. The molecule has 1 aromatic rings. The Labute approximate surface area is 143 Å². The Hall–Kier alpha value is -1.54. The van der Waals surface area contributed by atoms with Gasteiger partial charge >= 0.3 is 6.18 Å². The number of hydrogen-bond acceptors (Lipinski definition) is 4. The summed E-state index contributed by atoms with van der Waals surface area (Å²) in [5, 5.41) is 2.70. The van der Waals surface area contributed by atoms with Crippen LogP contribution in [0.4, 0.5) is 19.0 Å². The Balaban J connectivity index is 2.05. The summed E-state index contributed by atoms with van der Waals surface area (Å²) in [5.41, 5.74) is -1.64. The van der Waals surface area contributed by atoms with E-state index in [-0.39, 0.29) is 23.3 Å². The summed E-state index contributed by atoms with van der Waals surface area (Å²) < 4.78 is 43.8. The second-order valence-electron chi connectivity index (χ2n) is 6.19. The molecule has 0 saturated carbocycles. The number of hydrogen-bond donors (Lipinski definition) is 1. The summed E-state index contributed by atoms with van der Waals surface area (Å²) >= 11 is 6.05. The van der Waals surface area contributed by atoms with Gasteiger partial charge in [0, 0.05) is 25.8 Å². The number of rotatable bonds is 4. The zero-order chi connectivity index (χ0) is 18.0. The van der Waals surface area contributed by atoms with Crippen molar-refractivity contribution in [3.63, 3.8) is 0 Å². The SMILES string of the molecule is CC(C)(CNc1ncc(C(=O)N2CCOCC2)cc1Cl)C(F)(F)F. The van der Waals surface area contributed by atoms with Gasteiger partial charge in [0.1, 0.15) is 5.82 Å². The molecule has 1 aliphatic rings. The summed E-state index contributed by atoms with van der Waals surface area (Å²) in [7, 11) is 0. The van der Waals surface area contributed by atoms with Crippen LogP contribution in [0.1, 0.15) is 24.2 Å². The van der Waals surface area contributed by atoms with E-state index in [1.54, 1.807) is 4.90 Å². The molecule has 2 heterocycles. The molecule has 0 aromatic carbocycles. The van der Waals surface area contributed by atoms with Crippen molar-refractivity contribution in [2.75, 3.05) is 38.2 Å². The quantitative estimate of drug-likeness (QED) is 0.890. The maximum Gasteiger partial charge on any atom is 0.395 e. The minimum atomic E-state index is -4.35. The molecule has 0 unspecified atom stereocenters. The number of carbonyl (C=O) groups is 1. The first kappa shape index (κ1) is 18.8. The summed E-state index contributed by atoms with van der Waals surface area (Å²) in [6.45, 7) is 3.71. The van der Waals surface area contributed by atoms with Crippen molar-refractivity contribution in [3.05, 3.63) is 22.8 Å². The summed E-state index contributed by atoms with van der Waals surface area (Å²) in [6, 6.07) is 1.41. The van der Waals surface area contributed by atoms with Gasteiger partial charge < -0.3 is 15.0 Å². The van der Waals surface area contributed by atoms with Gasteiger partial charge in [0.05, 0.1) is 29.2 Å². The number of amides is 1. The van der Waals surface area contributed by atoms with Gasteiger partial charge in [0.15, 0.2) is 0 Å². The Morgan fingerprint density at radius 1 is 1.38 bits per heavy atom. The van der Waals surface area contributed by atoms with Gasteiger partial charge in [-0.25, -0.2) is 4.98 Å². The topological polar surface area (TPSA) is 54.5 Å². The Morgan fingerprint density at radius 2 is 2.00 bits per heavy atom. The largest absolute Gasteiger partial charge is 0.395 e. The predicted molar refractivity (Wildman–Crippen MR) is 84.3 cm³/mol. The molecule has 1 N–H and O–H groups in total. The average molecular weight is 366 g/mol. The molecular weight excluding hydrogens is 347 g/mol. The lowest BCUT2D eigenvalue weighted by atomic mass is 9.93. The van der Waals surface area contributed by atoms with Crippen molar-refractivity contribution >= 4 is 23.3 Å². The molecule has 1 aromatic heterocycles. The van der Waals surface area contributed by atoms with E-state index in [4.69, 9.17) is 16.3 Å². The predicted octanol–water partition coefficient (Wildman–Crippen LogP) is 3.21. The van der Waals surface area contributed by atoms with Crippen LogP contribution in [0.15, 0.2) is 12.3 Å². The molecule has 9 heteroatoms. The lowest BCUT2D eigenvalue weighted by Crippen LogP contribution is -2.40. The molecule has 0 bridgehead atoms. The molecule has 0 aliphatic carbocycles. The van der Waals surface area contributed by atoms with Crippen molar-refractivity contribution in [2.24, 2.45) is 5.41 Å². The van der Waals surface area contributed by atoms with Crippen LogP contribution < -0.4 is 5.32 Å². The third-order valence-electron chi connectivity index (χ3n) is 3.85. The van der Waals surface area contributed by atoms with Crippen LogP contribution in [0.25, 0.3) is 0 Å². The monoisotopic (exact) mass is 365 g/mol. The fourth-order valence-corrected chi connectivity index (χ4v) is 2.27. The summed E-state index contributed by atoms with van der Waals surface area (Å²) in [5.74, 6) is -0.109. The maximum absolute atomic E-state index is 12.9. The molecular formula is C15H19ClF3N3O2. The van der Waals surface area contributed by atoms with Crippen LogP contribution in [0.3, 0.4) is 0 Å². The number of ether oxygens (including phenoxy) is 1. The molecule has 1 fully saturated rings. The highest BCUT2D eigenvalue weighted by molar-refractivity contribution is 6.33. The lowest BCUT2D eigenvalue weighted by Gasteiger charge is -2.28. The van der Waals surface area contributed by atoms with Crippen molar-refractivity contribution in [2.45, 2.75) is 20.0 Å². The lowest BCUT2D eigenvalue weighted by molar-refractivity contribution is -0.206. The van der Waals surface area contributed by atoms with E-state index in [1.807, 2.05) is 0 Å². The van der Waals surface area contributed by atoms with Crippen molar-refractivity contribution in [1.82, 2.24) is 9.88 Å². The van der Waals surface area contributed by atoms with Crippen molar-refractivity contribution in [1.29, 1.82) is 0 Å². The Kier molecular flexibility index (Phi) is 5.59. The van der Waals surface area contributed by atoms with Gasteiger partial charge in [0.2, 0.25) is 0 Å². The molecule has 24 heavy (non-hydrogen) atoms. The van der Waals surface area contributed by atoms with E-state index >= 15 is 0 Å². The van der Waals surface area contributed by atoms with E-state index < -0.39 is 11.6 Å². The molecule has 0 radical (unpaired) electrons. The number of anilines is 1. The molecule has 5 nitrogen and oxygen atoms in total. The van der Waals surface area contributed by atoms with Gasteiger partial charge in [-0.3, -0.25) is 4.79 Å². The van der Waals surface area contributed by atoms with E-state index in [0.29, 0.717) is 31.9 Å². The molecule has 1 aliphatic heterocycles. The van der Waals surface area contributed by atoms with Crippen LogP contribution in [0.5, 0.6) is 0 Å². The Bertz CT molecular complexity index is 602. The molecule has 2 rings (SSSR count). The number of nitrogens with zero attached hydrogens (tertiary/aromatic N) is 2. The number of morpholine rings is 1. The minimum Gasteiger partial charge on any atom is -0.378 e.